The molecule has 6 fully saturated rings. The molecule has 6 rings (SSSR count). The van der Waals surface area contributed by atoms with Gasteiger partial charge in [-0.05, 0) is 64.2 Å². The summed E-state index contributed by atoms with van der Waals surface area (Å²) in [5, 5.41) is 0. The highest BCUT2D eigenvalue weighted by molar-refractivity contribution is 5.78. The first kappa shape index (κ1) is 24.6. The molecule has 1 saturated heterocycles. The van der Waals surface area contributed by atoms with Crippen LogP contribution in [-0.2, 0) is 52.4 Å². The van der Waals surface area contributed by atoms with Gasteiger partial charge in [0.15, 0.2) is 12.2 Å². The number of ether oxygens (including phenoxy) is 6. The minimum atomic E-state index is -1.41. The molecule has 0 aromatic heterocycles. The SMILES string of the molecule is O=C(OC[C@H]1O[C@H](OC(=O)C2CC2)[C@H](OC(=O)C2CC2)[C@@H](OC(=O)C2CC2)[C@@H]1OC(=O)C1CC1)C1CC1. The van der Waals surface area contributed by atoms with E-state index in [4.69, 9.17) is 28.4 Å². The summed E-state index contributed by atoms with van der Waals surface area (Å²) in [6.45, 7) is -0.295. The maximum atomic E-state index is 12.8. The second-order valence-corrected chi connectivity index (χ2v) is 11.2. The van der Waals surface area contributed by atoms with Crippen LogP contribution in [0.15, 0.2) is 0 Å². The van der Waals surface area contributed by atoms with Gasteiger partial charge < -0.3 is 28.4 Å². The minimum Gasteiger partial charge on any atom is -0.463 e. The molecule has 0 amide bonds. The third-order valence-electron chi connectivity index (χ3n) is 7.52. The van der Waals surface area contributed by atoms with Crippen molar-refractivity contribution < 1.29 is 52.4 Å². The fourth-order valence-electron chi connectivity index (χ4n) is 4.29. The highest BCUT2D eigenvalue weighted by Gasteiger charge is 2.57. The van der Waals surface area contributed by atoms with E-state index >= 15 is 0 Å². The van der Waals surface area contributed by atoms with E-state index in [1.807, 2.05) is 0 Å². The Bertz CT molecular complexity index is 958. The molecule has 5 atom stereocenters. The summed E-state index contributed by atoms with van der Waals surface area (Å²) >= 11 is 0. The fraction of sp³-hybridized carbons (Fsp3) is 0.808. The van der Waals surface area contributed by atoms with Crippen molar-refractivity contribution in [3.05, 3.63) is 0 Å². The van der Waals surface area contributed by atoms with Crippen LogP contribution in [-0.4, -0.2) is 67.2 Å². The number of carbonyl (C=O) groups is 5. The predicted molar refractivity (Wildman–Crippen MR) is 119 cm³/mol. The molecule has 6 aliphatic rings. The molecule has 0 spiro atoms. The normalized spacial score (nSPS) is 33.1. The van der Waals surface area contributed by atoms with Gasteiger partial charge in [-0.15, -0.1) is 0 Å². The monoisotopic (exact) mass is 520 g/mol. The summed E-state index contributed by atoms with van der Waals surface area (Å²) in [4.78, 5) is 63.1. The quantitative estimate of drug-likeness (QED) is 0.290. The Morgan fingerprint density at radius 3 is 1.32 bits per heavy atom. The van der Waals surface area contributed by atoms with Gasteiger partial charge >= 0.3 is 29.8 Å². The Labute approximate surface area is 213 Å². The van der Waals surface area contributed by atoms with E-state index in [0.717, 1.165) is 12.8 Å². The molecule has 1 heterocycles. The van der Waals surface area contributed by atoms with Crippen molar-refractivity contribution >= 4 is 29.8 Å². The summed E-state index contributed by atoms with van der Waals surface area (Å²) < 4.78 is 34.4. The van der Waals surface area contributed by atoms with E-state index in [2.05, 4.69) is 0 Å². The first-order chi connectivity index (χ1) is 17.9. The number of esters is 5. The second kappa shape index (κ2) is 9.89. The maximum absolute atomic E-state index is 12.8. The van der Waals surface area contributed by atoms with Crippen LogP contribution in [0, 0.1) is 29.6 Å². The van der Waals surface area contributed by atoms with Crippen molar-refractivity contribution in [2.45, 2.75) is 94.9 Å². The van der Waals surface area contributed by atoms with Crippen LogP contribution in [0.2, 0.25) is 0 Å². The zero-order valence-corrected chi connectivity index (χ0v) is 20.5. The lowest BCUT2D eigenvalue weighted by Gasteiger charge is -2.44. The second-order valence-electron chi connectivity index (χ2n) is 11.2. The molecule has 202 valence electrons. The van der Waals surface area contributed by atoms with Gasteiger partial charge in [-0.1, -0.05) is 0 Å². The molecule has 1 aliphatic heterocycles. The van der Waals surface area contributed by atoms with Gasteiger partial charge in [-0.25, -0.2) is 0 Å². The Kier molecular flexibility index (Phi) is 6.58. The minimum absolute atomic E-state index is 0.171. The summed E-state index contributed by atoms with van der Waals surface area (Å²) in [6, 6.07) is 0. The van der Waals surface area contributed by atoms with Crippen LogP contribution in [0.5, 0.6) is 0 Å². The molecule has 0 N–H and O–H groups in total. The van der Waals surface area contributed by atoms with Crippen molar-refractivity contribution in [1.29, 1.82) is 0 Å². The molecule has 0 radical (unpaired) electrons. The average molecular weight is 521 g/mol. The Hall–Kier alpha value is -2.69. The summed E-state index contributed by atoms with van der Waals surface area (Å²) in [5.74, 6) is -3.70. The molecule has 11 nitrogen and oxygen atoms in total. The van der Waals surface area contributed by atoms with E-state index in [1.54, 1.807) is 0 Å². The van der Waals surface area contributed by atoms with Crippen molar-refractivity contribution in [3.8, 4) is 0 Å². The van der Waals surface area contributed by atoms with Crippen LogP contribution in [0.1, 0.15) is 64.2 Å². The summed E-state index contributed by atoms with van der Waals surface area (Å²) in [5.41, 5.74) is 0. The molecule has 0 unspecified atom stereocenters. The fourth-order valence-corrected chi connectivity index (χ4v) is 4.29. The molecule has 11 heteroatoms. The Morgan fingerprint density at radius 2 is 0.865 bits per heavy atom. The van der Waals surface area contributed by atoms with Gasteiger partial charge in [-0.3, -0.25) is 24.0 Å². The molecule has 0 aromatic carbocycles. The van der Waals surface area contributed by atoms with Crippen LogP contribution in [0.25, 0.3) is 0 Å². The van der Waals surface area contributed by atoms with Crippen molar-refractivity contribution in [3.63, 3.8) is 0 Å². The van der Waals surface area contributed by atoms with Crippen molar-refractivity contribution in [1.82, 2.24) is 0 Å². The number of hydrogen-bond donors (Lipinski definition) is 0. The van der Waals surface area contributed by atoms with E-state index in [9.17, 15) is 24.0 Å². The molecular weight excluding hydrogens is 488 g/mol. The summed E-state index contributed by atoms with van der Waals surface area (Å²) in [7, 11) is 0. The molecule has 0 aromatic rings. The van der Waals surface area contributed by atoms with Gasteiger partial charge in [-0.2, -0.15) is 0 Å². The summed E-state index contributed by atoms with van der Waals surface area (Å²) in [6.07, 6.45) is 0.581. The first-order valence-electron chi connectivity index (χ1n) is 13.5. The molecular formula is C26H32O11. The van der Waals surface area contributed by atoms with E-state index < -0.39 is 60.6 Å². The van der Waals surface area contributed by atoms with Crippen LogP contribution in [0.4, 0.5) is 0 Å². The number of hydrogen-bond acceptors (Lipinski definition) is 11. The third kappa shape index (κ3) is 6.08. The van der Waals surface area contributed by atoms with Gasteiger partial charge in [0.1, 0.15) is 12.7 Å². The van der Waals surface area contributed by atoms with Crippen LogP contribution in [0.3, 0.4) is 0 Å². The van der Waals surface area contributed by atoms with Crippen molar-refractivity contribution in [2.24, 2.45) is 29.6 Å². The smallest absolute Gasteiger partial charge is 0.311 e. The van der Waals surface area contributed by atoms with E-state index in [0.29, 0.717) is 51.4 Å². The van der Waals surface area contributed by atoms with Crippen LogP contribution < -0.4 is 0 Å². The topological polar surface area (TPSA) is 141 Å². The lowest BCUT2D eigenvalue weighted by molar-refractivity contribution is -0.302. The maximum Gasteiger partial charge on any atom is 0.311 e. The first-order valence-corrected chi connectivity index (χ1v) is 13.5. The molecule has 5 saturated carbocycles. The number of carbonyl (C=O) groups excluding carboxylic acids is 5. The highest BCUT2D eigenvalue weighted by Crippen LogP contribution is 2.40. The van der Waals surface area contributed by atoms with Gasteiger partial charge in [0.2, 0.25) is 12.4 Å². The molecule has 0 bridgehead atoms. The largest absolute Gasteiger partial charge is 0.463 e. The van der Waals surface area contributed by atoms with Crippen molar-refractivity contribution in [2.75, 3.05) is 6.61 Å². The third-order valence-corrected chi connectivity index (χ3v) is 7.52. The van der Waals surface area contributed by atoms with Gasteiger partial charge in [0, 0.05) is 0 Å². The Balaban J connectivity index is 1.28. The predicted octanol–water partition coefficient (Wildman–Crippen LogP) is 1.58. The molecule has 5 aliphatic carbocycles. The van der Waals surface area contributed by atoms with Gasteiger partial charge in [0.25, 0.3) is 0 Å². The highest BCUT2D eigenvalue weighted by atomic mass is 16.7. The average Bonchev–Trinajstić information content (AvgIpc) is 3.73. The lowest BCUT2D eigenvalue weighted by atomic mass is 9.97. The van der Waals surface area contributed by atoms with E-state index in [1.165, 1.54) is 0 Å². The Morgan fingerprint density at radius 1 is 0.486 bits per heavy atom. The standard InChI is InChI=1S/C26H32O11/c27-21(12-1-2-12)32-11-17-18(34-22(28)13-3-4-13)19(35-23(29)14-5-6-14)20(36-24(30)15-7-8-15)26(33-17)37-25(31)16-9-10-16/h12-20,26H,1-11H2/t17-,18-,19+,20-,26-/m1/s1. The molecule has 37 heavy (non-hydrogen) atoms. The number of rotatable bonds is 11. The zero-order chi connectivity index (χ0) is 25.7. The van der Waals surface area contributed by atoms with Crippen LogP contribution >= 0.6 is 0 Å². The lowest BCUT2D eigenvalue weighted by Crippen LogP contribution is -2.63. The zero-order valence-electron chi connectivity index (χ0n) is 20.5. The van der Waals surface area contributed by atoms with Gasteiger partial charge in [0.05, 0.1) is 29.6 Å². The van der Waals surface area contributed by atoms with E-state index in [-0.39, 0.29) is 36.2 Å².